The molecule has 6 nitrogen and oxygen atoms in total. The smallest absolute Gasteiger partial charge is 0.254 e. The van der Waals surface area contributed by atoms with Gasteiger partial charge in [-0.05, 0) is 32.0 Å². The predicted molar refractivity (Wildman–Crippen MR) is 102 cm³/mol. The number of carbonyl (C=O) groups excluding carboxylic acids is 1. The zero-order valence-electron chi connectivity index (χ0n) is 15.7. The molecule has 140 valence electrons. The minimum Gasteiger partial charge on any atom is -0.495 e. The molecule has 1 N–H and O–H groups in total. The molecule has 26 heavy (non-hydrogen) atoms. The molecule has 1 saturated heterocycles. The molecule has 0 saturated carbocycles. The Morgan fingerprint density at radius 2 is 1.92 bits per heavy atom. The molecule has 0 unspecified atom stereocenters. The van der Waals surface area contributed by atoms with E-state index >= 15 is 0 Å². The first kappa shape index (κ1) is 18.3. The molecule has 0 spiro atoms. The summed E-state index contributed by atoms with van der Waals surface area (Å²) in [7, 11) is 1.71. The topological polar surface area (TPSA) is 58.0 Å². The van der Waals surface area contributed by atoms with Gasteiger partial charge in [0.05, 0.1) is 18.4 Å². The van der Waals surface area contributed by atoms with Gasteiger partial charge in [-0.25, -0.2) is 0 Å². The van der Waals surface area contributed by atoms with Crippen LogP contribution in [0.1, 0.15) is 21.9 Å². The van der Waals surface area contributed by atoms with Gasteiger partial charge in [0.15, 0.2) is 0 Å². The van der Waals surface area contributed by atoms with Crippen molar-refractivity contribution in [2.24, 2.45) is 0 Å². The first-order valence-electron chi connectivity index (χ1n) is 9.04. The highest BCUT2D eigenvalue weighted by molar-refractivity contribution is 5.95. The van der Waals surface area contributed by atoms with Gasteiger partial charge in [-0.15, -0.1) is 0 Å². The summed E-state index contributed by atoms with van der Waals surface area (Å²) < 4.78 is 10.9. The number of benzene rings is 1. The first-order valence-corrected chi connectivity index (χ1v) is 9.04. The van der Waals surface area contributed by atoms with Crippen molar-refractivity contribution in [3.8, 4) is 5.75 Å². The quantitative estimate of drug-likeness (QED) is 0.861. The molecule has 1 aromatic heterocycles. The number of hydrogen-bond acceptors (Lipinski definition) is 5. The van der Waals surface area contributed by atoms with E-state index in [2.05, 4.69) is 21.2 Å². The lowest BCUT2D eigenvalue weighted by Crippen LogP contribution is -2.48. The monoisotopic (exact) mass is 357 g/mol. The van der Waals surface area contributed by atoms with E-state index < -0.39 is 0 Å². The van der Waals surface area contributed by atoms with E-state index in [1.54, 1.807) is 13.2 Å². The Morgan fingerprint density at radius 3 is 2.58 bits per heavy atom. The second-order valence-corrected chi connectivity index (χ2v) is 6.58. The molecule has 3 rings (SSSR count). The SMILES string of the molecule is COc1ccccc1N1CCN(CCNC(=O)c2cc(C)oc2C)CC1. The van der Waals surface area contributed by atoms with Gasteiger partial charge >= 0.3 is 0 Å². The molecular weight excluding hydrogens is 330 g/mol. The molecule has 2 aromatic rings. The number of anilines is 1. The number of nitrogens with one attached hydrogen (secondary N) is 1. The normalized spacial score (nSPS) is 15.1. The molecular formula is C20H27N3O3. The summed E-state index contributed by atoms with van der Waals surface area (Å²) in [5.74, 6) is 2.29. The molecule has 0 radical (unpaired) electrons. The highest BCUT2D eigenvalue weighted by Crippen LogP contribution is 2.28. The fourth-order valence-electron chi connectivity index (χ4n) is 3.38. The lowest BCUT2D eigenvalue weighted by molar-refractivity contribution is 0.0946. The van der Waals surface area contributed by atoms with Gasteiger partial charge < -0.3 is 19.4 Å². The lowest BCUT2D eigenvalue weighted by atomic mass is 10.2. The third-order valence-electron chi connectivity index (χ3n) is 4.80. The number of para-hydroxylation sites is 2. The second-order valence-electron chi connectivity index (χ2n) is 6.58. The predicted octanol–water partition coefficient (Wildman–Crippen LogP) is 2.46. The maximum Gasteiger partial charge on any atom is 0.254 e. The Morgan fingerprint density at radius 1 is 1.19 bits per heavy atom. The summed E-state index contributed by atoms with van der Waals surface area (Å²) in [6.45, 7) is 9.00. The zero-order valence-corrected chi connectivity index (χ0v) is 15.7. The van der Waals surface area contributed by atoms with Crippen molar-refractivity contribution in [1.29, 1.82) is 0 Å². The van der Waals surface area contributed by atoms with Crippen LogP contribution in [-0.2, 0) is 0 Å². The molecule has 1 aromatic carbocycles. The number of nitrogens with zero attached hydrogens (tertiary/aromatic N) is 2. The maximum absolute atomic E-state index is 12.2. The standard InChI is InChI=1S/C20H27N3O3/c1-15-14-17(16(2)26-15)20(24)21-8-9-22-10-12-23(13-11-22)18-6-4-5-7-19(18)25-3/h4-7,14H,8-13H2,1-3H3,(H,21,24). The zero-order chi connectivity index (χ0) is 18.5. The van der Waals surface area contributed by atoms with E-state index in [0.717, 1.165) is 49.9 Å². The van der Waals surface area contributed by atoms with Crippen LogP contribution in [0.5, 0.6) is 5.75 Å². The van der Waals surface area contributed by atoms with Gasteiger partial charge in [0.2, 0.25) is 0 Å². The fourth-order valence-corrected chi connectivity index (χ4v) is 3.38. The average Bonchev–Trinajstić information content (AvgIpc) is 3.00. The van der Waals surface area contributed by atoms with Gasteiger partial charge in [-0.2, -0.15) is 0 Å². The Labute approximate surface area is 154 Å². The molecule has 0 bridgehead atoms. The number of carbonyl (C=O) groups is 1. The highest BCUT2D eigenvalue weighted by Gasteiger charge is 2.19. The van der Waals surface area contributed by atoms with Gasteiger partial charge in [-0.1, -0.05) is 12.1 Å². The summed E-state index contributed by atoms with van der Waals surface area (Å²) >= 11 is 0. The summed E-state index contributed by atoms with van der Waals surface area (Å²) in [5, 5.41) is 2.99. The van der Waals surface area contributed by atoms with Crippen LogP contribution in [0, 0.1) is 13.8 Å². The van der Waals surface area contributed by atoms with Crippen molar-refractivity contribution >= 4 is 11.6 Å². The number of piperazine rings is 1. The number of rotatable bonds is 6. The minimum atomic E-state index is -0.0630. The molecule has 1 aliphatic rings. The van der Waals surface area contributed by atoms with Crippen molar-refractivity contribution < 1.29 is 13.9 Å². The number of furan rings is 1. The van der Waals surface area contributed by atoms with Crippen LogP contribution in [-0.4, -0.2) is 57.2 Å². The van der Waals surface area contributed by atoms with Crippen LogP contribution in [0.3, 0.4) is 0 Å². The van der Waals surface area contributed by atoms with Crippen molar-refractivity contribution in [2.75, 3.05) is 51.3 Å². The summed E-state index contributed by atoms with van der Waals surface area (Å²) in [4.78, 5) is 16.9. The fraction of sp³-hybridized carbons (Fsp3) is 0.450. The molecule has 0 atom stereocenters. The van der Waals surface area contributed by atoms with Crippen molar-refractivity contribution in [3.63, 3.8) is 0 Å². The summed E-state index contributed by atoms with van der Waals surface area (Å²) in [6.07, 6.45) is 0. The van der Waals surface area contributed by atoms with Gasteiger partial charge in [0.1, 0.15) is 17.3 Å². The van der Waals surface area contributed by atoms with E-state index in [0.29, 0.717) is 17.9 Å². The highest BCUT2D eigenvalue weighted by atomic mass is 16.5. The van der Waals surface area contributed by atoms with Crippen molar-refractivity contribution in [2.45, 2.75) is 13.8 Å². The molecule has 2 heterocycles. The number of aryl methyl sites for hydroxylation is 2. The average molecular weight is 357 g/mol. The van der Waals surface area contributed by atoms with Crippen LogP contribution in [0.25, 0.3) is 0 Å². The lowest BCUT2D eigenvalue weighted by Gasteiger charge is -2.36. The van der Waals surface area contributed by atoms with Gasteiger partial charge in [0.25, 0.3) is 5.91 Å². The van der Waals surface area contributed by atoms with E-state index in [-0.39, 0.29) is 5.91 Å². The van der Waals surface area contributed by atoms with E-state index in [1.165, 1.54) is 0 Å². The van der Waals surface area contributed by atoms with Gasteiger partial charge in [0, 0.05) is 39.3 Å². The van der Waals surface area contributed by atoms with Crippen molar-refractivity contribution in [1.82, 2.24) is 10.2 Å². The molecule has 0 aliphatic carbocycles. The van der Waals surface area contributed by atoms with E-state index in [9.17, 15) is 4.79 Å². The Hall–Kier alpha value is -2.47. The Kier molecular flexibility index (Phi) is 5.83. The number of ether oxygens (including phenoxy) is 1. The third-order valence-corrected chi connectivity index (χ3v) is 4.80. The maximum atomic E-state index is 12.2. The Balaban J connectivity index is 1.44. The molecule has 1 amide bonds. The first-order chi connectivity index (χ1) is 12.6. The summed E-state index contributed by atoms with van der Waals surface area (Å²) in [6, 6.07) is 9.92. The van der Waals surface area contributed by atoms with E-state index in [1.807, 2.05) is 32.0 Å². The van der Waals surface area contributed by atoms with Crippen LogP contribution in [0.2, 0.25) is 0 Å². The Bertz CT molecular complexity index is 749. The van der Waals surface area contributed by atoms with Crippen LogP contribution in [0.4, 0.5) is 5.69 Å². The number of methoxy groups -OCH3 is 1. The second kappa shape index (κ2) is 8.27. The van der Waals surface area contributed by atoms with Crippen molar-refractivity contribution in [3.05, 3.63) is 47.4 Å². The molecule has 1 aliphatic heterocycles. The largest absolute Gasteiger partial charge is 0.495 e. The van der Waals surface area contributed by atoms with Gasteiger partial charge in [-0.3, -0.25) is 9.69 Å². The number of amides is 1. The van der Waals surface area contributed by atoms with Crippen LogP contribution in [0.15, 0.2) is 34.7 Å². The molecule has 1 fully saturated rings. The minimum absolute atomic E-state index is 0.0630. The molecule has 6 heteroatoms. The third kappa shape index (κ3) is 4.19. The number of hydrogen-bond donors (Lipinski definition) is 1. The van der Waals surface area contributed by atoms with Crippen LogP contribution < -0.4 is 15.0 Å². The summed E-state index contributed by atoms with van der Waals surface area (Å²) in [5.41, 5.74) is 1.78. The van der Waals surface area contributed by atoms with E-state index in [4.69, 9.17) is 9.15 Å². The van der Waals surface area contributed by atoms with Crippen LogP contribution >= 0.6 is 0 Å².